The minimum atomic E-state index is -0.539. The maximum absolute atomic E-state index is 11.9. The summed E-state index contributed by atoms with van der Waals surface area (Å²) in [5.74, 6) is -0.313. The highest BCUT2D eigenvalue weighted by Gasteiger charge is 2.24. The van der Waals surface area contributed by atoms with Gasteiger partial charge in [0.2, 0.25) is 11.8 Å². The van der Waals surface area contributed by atoms with Gasteiger partial charge in [-0.15, -0.1) is 12.4 Å². The van der Waals surface area contributed by atoms with Crippen LogP contribution in [0.3, 0.4) is 0 Å². The molecular formula is C16H26ClN3O2. The van der Waals surface area contributed by atoms with Crippen molar-refractivity contribution in [3.05, 3.63) is 29.8 Å². The van der Waals surface area contributed by atoms with E-state index in [1.807, 2.05) is 45.0 Å². The minimum Gasteiger partial charge on any atom is -0.399 e. The first-order valence-electron chi connectivity index (χ1n) is 7.13. The van der Waals surface area contributed by atoms with Gasteiger partial charge in [-0.05, 0) is 31.0 Å². The van der Waals surface area contributed by atoms with E-state index in [0.717, 1.165) is 17.7 Å². The maximum Gasteiger partial charge on any atom is 0.242 e. The van der Waals surface area contributed by atoms with Gasteiger partial charge >= 0.3 is 0 Å². The second-order valence-electron chi connectivity index (χ2n) is 6.23. The molecule has 0 heterocycles. The van der Waals surface area contributed by atoms with Crippen molar-refractivity contribution in [3.8, 4) is 0 Å². The lowest BCUT2D eigenvalue weighted by atomic mass is 9.95. The summed E-state index contributed by atoms with van der Waals surface area (Å²) in [6.07, 6.45) is 0.728. The molecule has 6 heteroatoms. The van der Waals surface area contributed by atoms with Crippen LogP contribution < -0.4 is 16.4 Å². The van der Waals surface area contributed by atoms with Crippen molar-refractivity contribution in [3.63, 3.8) is 0 Å². The van der Waals surface area contributed by atoms with Crippen molar-refractivity contribution in [1.82, 2.24) is 10.6 Å². The molecule has 0 bridgehead atoms. The van der Waals surface area contributed by atoms with Gasteiger partial charge in [0.25, 0.3) is 0 Å². The van der Waals surface area contributed by atoms with Crippen LogP contribution in [0.5, 0.6) is 0 Å². The van der Waals surface area contributed by atoms with Crippen LogP contribution >= 0.6 is 12.4 Å². The summed E-state index contributed by atoms with van der Waals surface area (Å²) in [5, 5.41) is 5.53. The molecule has 124 valence electrons. The van der Waals surface area contributed by atoms with Crippen LogP contribution in [0.15, 0.2) is 24.3 Å². The van der Waals surface area contributed by atoms with E-state index in [0.29, 0.717) is 6.54 Å². The van der Waals surface area contributed by atoms with Crippen LogP contribution in [0.2, 0.25) is 0 Å². The molecule has 1 atom stereocenters. The molecule has 0 saturated carbocycles. The van der Waals surface area contributed by atoms with Crippen molar-refractivity contribution in [2.45, 2.75) is 40.2 Å². The molecule has 2 amide bonds. The van der Waals surface area contributed by atoms with E-state index in [-0.39, 0.29) is 24.2 Å². The Bertz CT molecular complexity index is 495. The zero-order valence-electron chi connectivity index (χ0n) is 13.6. The van der Waals surface area contributed by atoms with Gasteiger partial charge in [0.15, 0.2) is 0 Å². The molecule has 0 aliphatic heterocycles. The van der Waals surface area contributed by atoms with E-state index in [1.54, 1.807) is 6.92 Å². The Morgan fingerprint density at radius 1 is 1.18 bits per heavy atom. The molecule has 0 aliphatic rings. The number of amides is 2. The fourth-order valence-corrected chi connectivity index (χ4v) is 1.65. The third kappa shape index (κ3) is 6.80. The molecule has 0 fully saturated rings. The van der Waals surface area contributed by atoms with E-state index >= 15 is 0 Å². The van der Waals surface area contributed by atoms with Crippen molar-refractivity contribution < 1.29 is 9.59 Å². The Morgan fingerprint density at radius 2 is 1.73 bits per heavy atom. The van der Waals surface area contributed by atoms with Crippen molar-refractivity contribution >= 4 is 29.9 Å². The monoisotopic (exact) mass is 327 g/mol. The van der Waals surface area contributed by atoms with E-state index in [1.165, 1.54) is 0 Å². The number of halogens is 1. The van der Waals surface area contributed by atoms with E-state index in [9.17, 15) is 9.59 Å². The molecule has 1 aromatic rings. The van der Waals surface area contributed by atoms with Gasteiger partial charge in [-0.3, -0.25) is 9.59 Å². The zero-order chi connectivity index (χ0) is 16.0. The lowest BCUT2D eigenvalue weighted by Gasteiger charge is -2.21. The molecule has 1 aromatic carbocycles. The number of carbonyl (C=O) groups excluding carboxylic acids is 2. The lowest BCUT2D eigenvalue weighted by Crippen LogP contribution is -2.48. The highest BCUT2D eigenvalue weighted by Crippen LogP contribution is 2.12. The molecule has 0 aliphatic carbocycles. The average Bonchev–Trinajstić information content (AvgIpc) is 2.39. The molecule has 5 nitrogen and oxygen atoms in total. The minimum absolute atomic E-state index is 0. The van der Waals surface area contributed by atoms with Gasteiger partial charge in [0.05, 0.1) is 0 Å². The summed E-state index contributed by atoms with van der Waals surface area (Å²) in [6.45, 7) is 7.65. The predicted octanol–water partition coefficient (Wildman–Crippen LogP) is 1.90. The summed E-state index contributed by atoms with van der Waals surface area (Å²) in [6, 6.07) is 7.01. The standard InChI is InChI=1S/C16H25N3O2.ClH/c1-11(19-15(21)16(2,3)4)14(20)18-10-9-12-5-7-13(17)8-6-12;/h5-8,11H,9-10,17H2,1-4H3,(H,18,20)(H,19,21);1H. The Balaban J connectivity index is 0.00000441. The van der Waals surface area contributed by atoms with Gasteiger partial charge in [0, 0.05) is 17.6 Å². The molecule has 1 unspecified atom stereocenters. The maximum atomic E-state index is 11.9. The molecule has 0 saturated heterocycles. The fourth-order valence-electron chi connectivity index (χ4n) is 1.65. The quantitative estimate of drug-likeness (QED) is 0.722. The molecule has 0 spiro atoms. The molecule has 0 aromatic heterocycles. The van der Waals surface area contributed by atoms with E-state index in [4.69, 9.17) is 5.73 Å². The van der Waals surface area contributed by atoms with E-state index in [2.05, 4.69) is 10.6 Å². The Morgan fingerprint density at radius 3 is 2.23 bits per heavy atom. The third-order valence-electron chi connectivity index (χ3n) is 3.11. The third-order valence-corrected chi connectivity index (χ3v) is 3.11. The van der Waals surface area contributed by atoms with Crippen LogP contribution in [0.1, 0.15) is 33.3 Å². The Kier molecular flexibility index (Phi) is 7.95. The first-order chi connectivity index (χ1) is 9.70. The lowest BCUT2D eigenvalue weighted by molar-refractivity contribution is -0.133. The summed E-state index contributed by atoms with van der Waals surface area (Å²) >= 11 is 0. The highest BCUT2D eigenvalue weighted by molar-refractivity contribution is 5.89. The van der Waals surface area contributed by atoms with Crippen molar-refractivity contribution in [2.24, 2.45) is 5.41 Å². The Hall–Kier alpha value is -1.75. The van der Waals surface area contributed by atoms with Crippen LogP contribution in [0, 0.1) is 5.41 Å². The second-order valence-corrected chi connectivity index (χ2v) is 6.23. The predicted molar refractivity (Wildman–Crippen MR) is 91.9 cm³/mol. The molecule has 4 N–H and O–H groups in total. The number of hydrogen-bond donors (Lipinski definition) is 3. The summed E-state index contributed by atoms with van der Waals surface area (Å²) < 4.78 is 0. The first-order valence-corrected chi connectivity index (χ1v) is 7.13. The Labute approximate surface area is 138 Å². The smallest absolute Gasteiger partial charge is 0.242 e. The fraction of sp³-hybridized carbons (Fsp3) is 0.500. The van der Waals surface area contributed by atoms with Gasteiger partial charge < -0.3 is 16.4 Å². The number of nitrogens with one attached hydrogen (secondary N) is 2. The second kappa shape index (κ2) is 8.63. The summed E-state index contributed by atoms with van der Waals surface area (Å²) in [5.41, 5.74) is 6.94. The number of benzene rings is 1. The average molecular weight is 328 g/mol. The molecule has 1 rings (SSSR count). The van der Waals surface area contributed by atoms with Crippen LogP contribution in [0.25, 0.3) is 0 Å². The van der Waals surface area contributed by atoms with Crippen molar-refractivity contribution in [2.75, 3.05) is 12.3 Å². The van der Waals surface area contributed by atoms with Gasteiger partial charge in [-0.2, -0.15) is 0 Å². The van der Waals surface area contributed by atoms with Gasteiger partial charge in [-0.25, -0.2) is 0 Å². The van der Waals surface area contributed by atoms with Crippen LogP contribution in [-0.4, -0.2) is 24.4 Å². The highest BCUT2D eigenvalue weighted by atomic mass is 35.5. The number of rotatable bonds is 5. The number of hydrogen-bond acceptors (Lipinski definition) is 3. The zero-order valence-corrected chi connectivity index (χ0v) is 14.4. The molecule has 22 heavy (non-hydrogen) atoms. The van der Waals surface area contributed by atoms with Crippen molar-refractivity contribution in [1.29, 1.82) is 0 Å². The SMILES string of the molecule is CC(NC(=O)C(C)(C)C)C(=O)NCCc1ccc(N)cc1.Cl. The first kappa shape index (κ1) is 20.2. The molecule has 0 radical (unpaired) electrons. The largest absolute Gasteiger partial charge is 0.399 e. The summed E-state index contributed by atoms with van der Waals surface area (Å²) in [4.78, 5) is 23.7. The number of nitrogens with two attached hydrogens (primary N) is 1. The van der Waals surface area contributed by atoms with Crippen LogP contribution in [-0.2, 0) is 16.0 Å². The number of nitrogen functional groups attached to an aromatic ring is 1. The topological polar surface area (TPSA) is 84.2 Å². The van der Waals surface area contributed by atoms with Gasteiger partial charge in [-0.1, -0.05) is 32.9 Å². The number of carbonyl (C=O) groups is 2. The summed E-state index contributed by atoms with van der Waals surface area (Å²) in [7, 11) is 0. The normalized spacial score (nSPS) is 12.0. The molecular weight excluding hydrogens is 302 g/mol. The van der Waals surface area contributed by atoms with E-state index < -0.39 is 11.5 Å². The number of anilines is 1. The van der Waals surface area contributed by atoms with Crippen LogP contribution in [0.4, 0.5) is 5.69 Å². The van der Waals surface area contributed by atoms with Gasteiger partial charge in [0.1, 0.15) is 6.04 Å².